The van der Waals surface area contributed by atoms with E-state index in [0.29, 0.717) is 13.0 Å². The topological polar surface area (TPSA) is 78.9 Å². The molecule has 0 atom stereocenters. The van der Waals surface area contributed by atoms with Crippen LogP contribution in [0.1, 0.15) is 19.3 Å². The molecule has 0 saturated carbocycles. The Morgan fingerprint density at radius 2 is 2.06 bits per heavy atom. The molecule has 0 aliphatic carbocycles. The van der Waals surface area contributed by atoms with Crippen molar-refractivity contribution in [3.63, 3.8) is 0 Å². The monoisotopic (exact) mass is 258 g/mol. The lowest BCUT2D eigenvalue weighted by Gasteiger charge is -2.15. The van der Waals surface area contributed by atoms with Crippen molar-refractivity contribution in [1.82, 2.24) is 10.2 Å². The van der Waals surface area contributed by atoms with Crippen molar-refractivity contribution >= 4 is 12.1 Å². The average Bonchev–Trinajstić information content (AvgIpc) is 2.31. The van der Waals surface area contributed by atoms with Crippen LogP contribution >= 0.6 is 0 Å². The molecule has 0 saturated heterocycles. The Labute approximate surface area is 108 Å². The summed E-state index contributed by atoms with van der Waals surface area (Å²) < 4.78 is 4.74. The fourth-order valence-corrected chi connectivity index (χ4v) is 1.34. The van der Waals surface area contributed by atoms with Crippen LogP contribution in [0.3, 0.4) is 0 Å². The molecule has 0 radical (unpaired) electrons. The summed E-state index contributed by atoms with van der Waals surface area (Å²) in [4.78, 5) is 23.4. The highest BCUT2D eigenvalue weighted by Crippen LogP contribution is 1.94. The Hall–Kier alpha value is -1.56. The molecule has 0 aliphatic heterocycles. The fourth-order valence-electron chi connectivity index (χ4n) is 1.34. The van der Waals surface area contributed by atoms with E-state index in [9.17, 15) is 9.59 Å². The van der Waals surface area contributed by atoms with Gasteiger partial charge in [-0.1, -0.05) is 12.7 Å². The van der Waals surface area contributed by atoms with Crippen molar-refractivity contribution in [3.8, 4) is 0 Å². The number of nitrogens with zero attached hydrogens (tertiary/aromatic N) is 1. The van der Waals surface area contributed by atoms with Crippen LogP contribution in [-0.4, -0.2) is 55.4 Å². The zero-order valence-electron chi connectivity index (χ0n) is 10.9. The van der Waals surface area contributed by atoms with E-state index in [1.165, 1.54) is 6.08 Å². The number of carboxylic acids is 1. The maximum Gasteiger partial charge on any atom is 0.407 e. The van der Waals surface area contributed by atoms with Gasteiger partial charge in [0.1, 0.15) is 6.61 Å². The third-order valence-corrected chi connectivity index (χ3v) is 2.25. The van der Waals surface area contributed by atoms with Gasteiger partial charge in [-0.25, -0.2) is 4.79 Å². The smallest absolute Gasteiger partial charge is 0.407 e. The van der Waals surface area contributed by atoms with Gasteiger partial charge in [0.2, 0.25) is 0 Å². The molecule has 0 rings (SSSR count). The highest BCUT2D eigenvalue weighted by Gasteiger charge is 2.02. The minimum absolute atomic E-state index is 0.191. The standard InChI is InChI=1S/C12H22N2O4/c1-3-10-18-12(17)13-7-5-9-14(2)8-4-6-11(15)16/h3H,1,4-10H2,2H3,(H,13,17)(H,15,16). The highest BCUT2D eigenvalue weighted by molar-refractivity contribution is 5.67. The van der Waals surface area contributed by atoms with Crippen LogP contribution in [0.5, 0.6) is 0 Å². The minimum atomic E-state index is -0.768. The van der Waals surface area contributed by atoms with Gasteiger partial charge in [-0.15, -0.1) is 0 Å². The molecule has 0 aromatic carbocycles. The highest BCUT2D eigenvalue weighted by atomic mass is 16.5. The molecule has 2 N–H and O–H groups in total. The predicted molar refractivity (Wildman–Crippen MR) is 68.5 cm³/mol. The quantitative estimate of drug-likeness (QED) is 0.453. The Bertz CT molecular complexity index is 269. The van der Waals surface area contributed by atoms with E-state index in [-0.39, 0.29) is 13.0 Å². The molecule has 0 spiro atoms. The van der Waals surface area contributed by atoms with E-state index < -0.39 is 12.1 Å². The Kier molecular flexibility index (Phi) is 9.67. The molecule has 0 bridgehead atoms. The summed E-state index contributed by atoms with van der Waals surface area (Å²) in [6.45, 7) is 5.74. The summed E-state index contributed by atoms with van der Waals surface area (Å²) in [5, 5.41) is 11.1. The maximum absolute atomic E-state index is 11.0. The van der Waals surface area contributed by atoms with E-state index in [0.717, 1.165) is 19.5 Å². The number of ether oxygens (including phenoxy) is 1. The SMILES string of the molecule is C=CCOC(=O)NCCCN(C)CCCC(=O)O. The fraction of sp³-hybridized carbons (Fsp3) is 0.667. The van der Waals surface area contributed by atoms with Gasteiger partial charge in [0.05, 0.1) is 0 Å². The molecule has 0 aliphatic rings. The number of aliphatic carboxylic acids is 1. The number of hydrogen-bond donors (Lipinski definition) is 2. The van der Waals surface area contributed by atoms with Crippen molar-refractivity contribution in [3.05, 3.63) is 12.7 Å². The molecule has 1 amide bonds. The van der Waals surface area contributed by atoms with Gasteiger partial charge in [-0.2, -0.15) is 0 Å². The first kappa shape index (κ1) is 16.4. The molecular weight excluding hydrogens is 236 g/mol. The van der Waals surface area contributed by atoms with Crippen LogP contribution < -0.4 is 5.32 Å². The lowest BCUT2D eigenvalue weighted by atomic mass is 10.3. The van der Waals surface area contributed by atoms with E-state index >= 15 is 0 Å². The second kappa shape index (κ2) is 10.6. The van der Waals surface area contributed by atoms with Gasteiger partial charge in [-0.05, 0) is 33.0 Å². The van der Waals surface area contributed by atoms with E-state index in [1.807, 2.05) is 11.9 Å². The summed E-state index contributed by atoms with van der Waals surface area (Å²) >= 11 is 0. The number of rotatable bonds is 10. The lowest BCUT2D eigenvalue weighted by Crippen LogP contribution is -2.29. The molecule has 0 aromatic rings. The summed E-state index contributed by atoms with van der Waals surface area (Å²) in [5.41, 5.74) is 0. The normalized spacial score (nSPS) is 10.1. The molecule has 6 nitrogen and oxygen atoms in total. The van der Waals surface area contributed by atoms with Crippen molar-refractivity contribution < 1.29 is 19.4 Å². The summed E-state index contributed by atoms with van der Waals surface area (Å²) in [7, 11) is 1.93. The second-order valence-corrected chi connectivity index (χ2v) is 3.97. The number of carboxylic acid groups (broad SMARTS) is 1. The number of carbonyl (C=O) groups is 2. The van der Waals surface area contributed by atoms with E-state index in [2.05, 4.69) is 11.9 Å². The van der Waals surface area contributed by atoms with Crippen LogP contribution in [0.15, 0.2) is 12.7 Å². The van der Waals surface area contributed by atoms with E-state index in [4.69, 9.17) is 9.84 Å². The Balaban J connectivity index is 3.39. The molecule has 104 valence electrons. The molecular formula is C12H22N2O4. The van der Waals surface area contributed by atoms with Crippen LogP contribution in [-0.2, 0) is 9.53 Å². The third kappa shape index (κ3) is 10.9. The van der Waals surface area contributed by atoms with Crippen molar-refractivity contribution in [2.75, 3.05) is 33.3 Å². The summed E-state index contributed by atoms with van der Waals surface area (Å²) in [6.07, 6.45) is 2.70. The molecule has 6 heteroatoms. The molecule has 0 aromatic heterocycles. The third-order valence-electron chi connectivity index (χ3n) is 2.25. The van der Waals surface area contributed by atoms with Crippen LogP contribution in [0.25, 0.3) is 0 Å². The largest absolute Gasteiger partial charge is 0.481 e. The number of carbonyl (C=O) groups excluding carboxylic acids is 1. The number of amides is 1. The van der Waals surface area contributed by atoms with Gasteiger partial charge in [0.25, 0.3) is 0 Å². The molecule has 0 unspecified atom stereocenters. The zero-order chi connectivity index (χ0) is 13.8. The minimum Gasteiger partial charge on any atom is -0.481 e. The van der Waals surface area contributed by atoms with Gasteiger partial charge in [0, 0.05) is 13.0 Å². The van der Waals surface area contributed by atoms with Gasteiger partial charge in [0.15, 0.2) is 0 Å². The Morgan fingerprint density at radius 1 is 1.39 bits per heavy atom. The average molecular weight is 258 g/mol. The Morgan fingerprint density at radius 3 is 2.67 bits per heavy atom. The number of hydrogen-bond acceptors (Lipinski definition) is 4. The molecule has 0 heterocycles. The maximum atomic E-state index is 11.0. The van der Waals surface area contributed by atoms with Crippen molar-refractivity contribution in [2.45, 2.75) is 19.3 Å². The van der Waals surface area contributed by atoms with Crippen LogP contribution in [0.4, 0.5) is 4.79 Å². The second-order valence-electron chi connectivity index (χ2n) is 3.97. The van der Waals surface area contributed by atoms with Gasteiger partial charge >= 0.3 is 12.1 Å². The number of nitrogens with one attached hydrogen (secondary N) is 1. The lowest BCUT2D eigenvalue weighted by molar-refractivity contribution is -0.137. The first-order valence-corrected chi connectivity index (χ1v) is 5.98. The van der Waals surface area contributed by atoms with Crippen LogP contribution in [0, 0.1) is 0 Å². The first-order chi connectivity index (χ1) is 8.56. The summed E-state index contributed by atoms with van der Waals surface area (Å²) in [5.74, 6) is -0.768. The van der Waals surface area contributed by atoms with Crippen molar-refractivity contribution in [1.29, 1.82) is 0 Å². The molecule has 18 heavy (non-hydrogen) atoms. The number of alkyl carbamates (subject to hydrolysis) is 1. The molecule has 0 fully saturated rings. The first-order valence-electron chi connectivity index (χ1n) is 5.98. The predicted octanol–water partition coefficient (Wildman–Crippen LogP) is 1.09. The van der Waals surface area contributed by atoms with Gasteiger partial charge in [-0.3, -0.25) is 4.79 Å². The van der Waals surface area contributed by atoms with Crippen LogP contribution in [0.2, 0.25) is 0 Å². The van der Waals surface area contributed by atoms with Crippen molar-refractivity contribution in [2.24, 2.45) is 0 Å². The van der Waals surface area contributed by atoms with E-state index in [1.54, 1.807) is 0 Å². The summed E-state index contributed by atoms with van der Waals surface area (Å²) in [6, 6.07) is 0. The van der Waals surface area contributed by atoms with Gasteiger partial charge < -0.3 is 20.1 Å². The zero-order valence-corrected chi connectivity index (χ0v) is 10.9.